The number of carbonyl (C=O) groups excluding carboxylic acids is 1. The van der Waals surface area contributed by atoms with E-state index in [1.807, 2.05) is 13.8 Å². The molecule has 0 bridgehead atoms. The molecule has 0 radical (unpaired) electrons. The Labute approximate surface area is 116 Å². The third-order valence-electron chi connectivity index (χ3n) is 3.46. The smallest absolute Gasteiger partial charge is 0.323 e. The van der Waals surface area contributed by atoms with E-state index in [1.165, 1.54) is 0 Å². The minimum absolute atomic E-state index is 0.140. The molecular formula is C14H28N2O3. The van der Waals surface area contributed by atoms with Crippen LogP contribution in [0.1, 0.15) is 34.1 Å². The molecule has 1 N–H and O–H groups in total. The zero-order valence-corrected chi connectivity index (χ0v) is 12.6. The molecule has 19 heavy (non-hydrogen) atoms. The van der Waals surface area contributed by atoms with Crippen LogP contribution in [0.5, 0.6) is 0 Å². The molecule has 0 amide bonds. The predicted octanol–water partition coefficient (Wildman–Crippen LogP) is 1.03. The Balaban J connectivity index is 2.43. The van der Waals surface area contributed by atoms with Crippen LogP contribution < -0.4 is 5.32 Å². The summed E-state index contributed by atoms with van der Waals surface area (Å²) in [5.74, 6) is -0.140. The zero-order valence-electron chi connectivity index (χ0n) is 12.6. The maximum absolute atomic E-state index is 11.8. The summed E-state index contributed by atoms with van der Waals surface area (Å²) < 4.78 is 10.7. The Morgan fingerprint density at radius 1 is 1.47 bits per heavy atom. The SMILES string of the molecule is CCNC(CCN1CC(C)OCC1C)C(=O)OCC. The zero-order chi connectivity index (χ0) is 14.3. The molecule has 1 aliphatic heterocycles. The summed E-state index contributed by atoms with van der Waals surface area (Å²) in [5, 5.41) is 3.20. The second kappa shape index (κ2) is 8.51. The molecule has 1 fully saturated rings. The number of nitrogens with one attached hydrogen (secondary N) is 1. The van der Waals surface area contributed by atoms with E-state index < -0.39 is 0 Å². The van der Waals surface area contributed by atoms with Crippen LogP contribution in [0.2, 0.25) is 0 Å². The van der Waals surface area contributed by atoms with E-state index in [9.17, 15) is 4.79 Å². The number of ether oxygens (including phenoxy) is 2. The van der Waals surface area contributed by atoms with E-state index in [2.05, 4.69) is 24.1 Å². The average Bonchev–Trinajstić information content (AvgIpc) is 2.38. The molecule has 1 saturated heterocycles. The van der Waals surface area contributed by atoms with Gasteiger partial charge in [0.15, 0.2) is 0 Å². The van der Waals surface area contributed by atoms with Crippen LogP contribution in [-0.2, 0) is 14.3 Å². The Hall–Kier alpha value is -0.650. The van der Waals surface area contributed by atoms with Crippen LogP contribution in [0.4, 0.5) is 0 Å². The van der Waals surface area contributed by atoms with Gasteiger partial charge in [0, 0.05) is 19.1 Å². The van der Waals surface area contributed by atoms with E-state index >= 15 is 0 Å². The van der Waals surface area contributed by atoms with Crippen molar-refractivity contribution in [3.63, 3.8) is 0 Å². The lowest BCUT2D eigenvalue weighted by molar-refractivity contribution is -0.146. The Kier molecular flexibility index (Phi) is 7.34. The van der Waals surface area contributed by atoms with Gasteiger partial charge in [-0.15, -0.1) is 0 Å². The minimum atomic E-state index is -0.199. The first-order valence-corrected chi connectivity index (χ1v) is 7.34. The highest BCUT2D eigenvalue weighted by Gasteiger charge is 2.25. The summed E-state index contributed by atoms with van der Waals surface area (Å²) in [6.45, 7) is 11.9. The van der Waals surface area contributed by atoms with Crippen molar-refractivity contribution in [2.24, 2.45) is 0 Å². The highest BCUT2D eigenvalue weighted by atomic mass is 16.5. The first kappa shape index (κ1) is 16.4. The van der Waals surface area contributed by atoms with Crippen LogP contribution in [0.15, 0.2) is 0 Å². The molecule has 1 rings (SSSR count). The van der Waals surface area contributed by atoms with E-state index in [1.54, 1.807) is 0 Å². The lowest BCUT2D eigenvalue weighted by Gasteiger charge is -2.37. The standard InChI is InChI=1S/C14H28N2O3/c1-5-15-13(14(17)18-6-2)7-8-16-9-12(4)19-10-11(16)3/h11-13,15H,5-10H2,1-4H3. The van der Waals surface area contributed by atoms with Crippen LogP contribution in [0, 0.1) is 0 Å². The van der Waals surface area contributed by atoms with Gasteiger partial charge in [0.2, 0.25) is 0 Å². The first-order chi connectivity index (χ1) is 9.08. The van der Waals surface area contributed by atoms with Gasteiger partial charge in [-0.25, -0.2) is 0 Å². The minimum Gasteiger partial charge on any atom is -0.465 e. The van der Waals surface area contributed by atoms with Crippen molar-refractivity contribution in [3.8, 4) is 0 Å². The highest BCUT2D eigenvalue weighted by molar-refractivity contribution is 5.75. The number of hydrogen-bond acceptors (Lipinski definition) is 5. The van der Waals surface area contributed by atoms with Crippen molar-refractivity contribution in [1.29, 1.82) is 0 Å². The first-order valence-electron chi connectivity index (χ1n) is 7.34. The Morgan fingerprint density at radius 2 is 2.21 bits per heavy atom. The van der Waals surface area contributed by atoms with Crippen LogP contribution in [0.25, 0.3) is 0 Å². The molecule has 0 spiro atoms. The van der Waals surface area contributed by atoms with Crippen molar-refractivity contribution in [2.75, 3.05) is 32.8 Å². The largest absolute Gasteiger partial charge is 0.465 e. The number of nitrogens with zero attached hydrogens (tertiary/aromatic N) is 1. The van der Waals surface area contributed by atoms with Crippen LogP contribution in [0.3, 0.4) is 0 Å². The predicted molar refractivity (Wildman–Crippen MR) is 75.2 cm³/mol. The third-order valence-corrected chi connectivity index (χ3v) is 3.46. The van der Waals surface area contributed by atoms with Crippen molar-refractivity contribution >= 4 is 5.97 Å². The maximum atomic E-state index is 11.8. The van der Waals surface area contributed by atoms with Crippen molar-refractivity contribution in [3.05, 3.63) is 0 Å². The summed E-state index contributed by atoms with van der Waals surface area (Å²) in [6, 6.07) is 0.218. The van der Waals surface area contributed by atoms with E-state index in [-0.39, 0.29) is 18.1 Å². The highest BCUT2D eigenvalue weighted by Crippen LogP contribution is 2.12. The van der Waals surface area contributed by atoms with Gasteiger partial charge in [-0.2, -0.15) is 0 Å². The van der Waals surface area contributed by atoms with Gasteiger partial charge in [0.05, 0.1) is 19.3 Å². The molecule has 0 aliphatic carbocycles. The molecular weight excluding hydrogens is 244 g/mol. The van der Waals surface area contributed by atoms with Gasteiger partial charge in [-0.3, -0.25) is 9.69 Å². The number of morpholine rings is 1. The summed E-state index contributed by atoms with van der Waals surface area (Å²) >= 11 is 0. The topological polar surface area (TPSA) is 50.8 Å². The summed E-state index contributed by atoms with van der Waals surface area (Å²) in [4.78, 5) is 14.2. The molecule has 0 aromatic carbocycles. The van der Waals surface area contributed by atoms with Crippen LogP contribution in [-0.4, -0.2) is 61.9 Å². The van der Waals surface area contributed by atoms with E-state index in [0.717, 1.165) is 32.7 Å². The van der Waals surface area contributed by atoms with Gasteiger partial charge in [0.25, 0.3) is 0 Å². The van der Waals surface area contributed by atoms with Crippen molar-refractivity contribution in [1.82, 2.24) is 10.2 Å². The van der Waals surface area contributed by atoms with Gasteiger partial charge in [-0.1, -0.05) is 6.92 Å². The number of esters is 1. The number of hydrogen-bond donors (Lipinski definition) is 1. The van der Waals surface area contributed by atoms with Gasteiger partial charge in [-0.05, 0) is 33.7 Å². The molecule has 3 unspecified atom stereocenters. The van der Waals surface area contributed by atoms with Gasteiger partial charge < -0.3 is 14.8 Å². The van der Waals surface area contributed by atoms with Crippen LogP contribution >= 0.6 is 0 Å². The van der Waals surface area contributed by atoms with Gasteiger partial charge >= 0.3 is 5.97 Å². The van der Waals surface area contributed by atoms with Crippen molar-refractivity contribution in [2.45, 2.75) is 52.3 Å². The third kappa shape index (κ3) is 5.47. The molecule has 0 aromatic rings. The Morgan fingerprint density at radius 3 is 2.84 bits per heavy atom. The molecule has 3 atom stereocenters. The van der Waals surface area contributed by atoms with E-state index in [4.69, 9.17) is 9.47 Å². The number of carbonyl (C=O) groups is 1. The lowest BCUT2D eigenvalue weighted by Crippen LogP contribution is -2.49. The molecule has 112 valence electrons. The molecule has 0 aromatic heterocycles. The lowest BCUT2D eigenvalue weighted by atomic mass is 10.1. The quantitative estimate of drug-likeness (QED) is 0.702. The fourth-order valence-electron chi connectivity index (χ4n) is 2.37. The molecule has 1 heterocycles. The normalized spacial score (nSPS) is 26.1. The maximum Gasteiger partial charge on any atom is 0.323 e. The monoisotopic (exact) mass is 272 g/mol. The molecule has 5 nitrogen and oxygen atoms in total. The second-order valence-corrected chi connectivity index (χ2v) is 5.14. The molecule has 1 aliphatic rings. The Bertz CT molecular complexity index is 273. The van der Waals surface area contributed by atoms with Crippen molar-refractivity contribution < 1.29 is 14.3 Å². The average molecular weight is 272 g/mol. The summed E-state index contributed by atoms with van der Waals surface area (Å²) in [7, 11) is 0. The fourth-order valence-corrected chi connectivity index (χ4v) is 2.37. The summed E-state index contributed by atoms with van der Waals surface area (Å²) in [5.41, 5.74) is 0. The molecule has 5 heteroatoms. The second-order valence-electron chi connectivity index (χ2n) is 5.14. The number of rotatable bonds is 7. The fraction of sp³-hybridized carbons (Fsp3) is 0.929. The van der Waals surface area contributed by atoms with E-state index in [0.29, 0.717) is 12.6 Å². The number of likely N-dealkylation sites (N-methyl/N-ethyl adjacent to an activating group) is 1. The molecule has 0 saturated carbocycles. The van der Waals surface area contributed by atoms with Gasteiger partial charge in [0.1, 0.15) is 6.04 Å². The summed E-state index contributed by atoms with van der Waals surface area (Å²) in [6.07, 6.45) is 1.06.